The molecule has 8 nitrogen and oxygen atoms in total. The number of alkyl halides is 9. The van der Waals surface area contributed by atoms with Crippen LogP contribution >= 0.6 is 0 Å². The number of halogens is 9. The Hall–Kier alpha value is -0.860. The maximum Gasteiger partial charge on any atom is 0.512 e. The van der Waals surface area contributed by atoms with Crippen molar-refractivity contribution in [1.82, 2.24) is 8.43 Å². The predicted octanol–water partition coefficient (Wildman–Crippen LogP) is 2.42. The molecule has 196 valence electrons. The van der Waals surface area contributed by atoms with Crippen molar-refractivity contribution in [2.75, 3.05) is 13.1 Å². The van der Waals surface area contributed by atoms with Crippen LogP contribution in [0.4, 0.5) is 39.5 Å². The molecule has 1 aliphatic heterocycles. The zero-order valence-electron chi connectivity index (χ0n) is 16.1. The summed E-state index contributed by atoms with van der Waals surface area (Å²) in [6.07, 6.45) is 2.19. The molecule has 1 saturated heterocycles. The molecular formula is C13H17F9N2O6S3. The van der Waals surface area contributed by atoms with E-state index in [2.05, 4.69) is 0 Å². The number of nitrogens with one attached hydrogen (secondary N) is 1. The maximum atomic E-state index is 14.4. The molecule has 2 aliphatic rings. The van der Waals surface area contributed by atoms with Gasteiger partial charge >= 0.3 is 32.0 Å². The molecular weight excluding hydrogens is 547 g/mol. The molecule has 2 unspecified atom stereocenters. The summed E-state index contributed by atoms with van der Waals surface area (Å²) in [5.41, 5.74) is -6.61. The van der Waals surface area contributed by atoms with Gasteiger partial charge < -0.3 is 0 Å². The van der Waals surface area contributed by atoms with E-state index in [4.69, 9.17) is 0 Å². The Kier molecular flexibility index (Phi) is 7.20. The lowest BCUT2D eigenvalue weighted by Gasteiger charge is -2.42. The first kappa shape index (κ1) is 28.4. The van der Waals surface area contributed by atoms with Crippen molar-refractivity contribution < 1.29 is 64.8 Å². The van der Waals surface area contributed by atoms with Gasteiger partial charge in [0.15, 0.2) is 0 Å². The Labute approximate surface area is 182 Å². The minimum absolute atomic E-state index is 0.0639. The van der Waals surface area contributed by atoms with Crippen LogP contribution in [0.3, 0.4) is 0 Å². The smallest absolute Gasteiger partial charge is 0.206 e. The molecule has 0 aromatic carbocycles. The van der Waals surface area contributed by atoms with Gasteiger partial charge in [-0.15, -0.1) is 0 Å². The number of nitrogens with zero attached hydrogens (tertiary/aromatic N) is 1. The van der Waals surface area contributed by atoms with E-state index < -0.39 is 75.1 Å². The molecule has 0 spiro atoms. The molecule has 0 bridgehead atoms. The summed E-state index contributed by atoms with van der Waals surface area (Å²) in [4.78, 5) is 0. The maximum absolute atomic E-state index is 14.4. The van der Waals surface area contributed by atoms with Crippen LogP contribution < -0.4 is 4.13 Å². The number of rotatable bonds is 7. The first-order chi connectivity index (χ1) is 14.5. The lowest BCUT2D eigenvalue weighted by molar-refractivity contribution is -0.245. The highest BCUT2D eigenvalue weighted by Gasteiger charge is 2.83. The van der Waals surface area contributed by atoms with Crippen LogP contribution in [-0.2, 0) is 30.1 Å². The lowest BCUT2D eigenvalue weighted by Crippen LogP contribution is -2.66. The molecule has 0 radical (unpaired) electrons. The number of fused-ring (bicyclic) bond motifs is 1. The Balaban J connectivity index is 2.43. The largest absolute Gasteiger partial charge is 0.512 e. The Morgan fingerprint density at radius 3 is 1.64 bits per heavy atom. The summed E-state index contributed by atoms with van der Waals surface area (Å²) in [5, 5.41) is -14.2. The van der Waals surface area contributed by atoms with E-state index in [1.165, 1.54) is 0 Å². The highest BCUT2D eigenvalue weighted by molar-refractivity contribution is 8.05. The minimum Gasteiger partial charge on any atom is -0.206 e. The van der Waals surface area contributed by atoms with Gasteiger partial charge in [-0.25, -0.2) is 25.3 Å². The van der Waals surface area contributed by atoms with Crippen molar-refractivity contribution in [3.63, 3.8) is 0 Å². The van der Waals surface area contributed by atoms with Crippen LogP contribution in [0.2, 0.25) is 0 Å². The number of sulfonamides is 3. The van der Waals surface area contributed by atoms with Crippen molar-refractivity contribution in [2.24, 2.45) is 11.8 Å². The molecule has 2 fully saturated rings. The van der Waals surface area contributed by atoms with Gasteiger partial charge in [-0.1, -0.05) is 23.4 Å². The molecule has 0 amide bonds. The van der Waals surface area contributed by atoms with Crippen LogP contribution in [0.25, 0.3) is 0 Å². The highest BCUT2D eigenvalue weighted by atomic mass is 32.3. The second kappa shape index (κ2) is 8.37. The fraction of sp³-hybridized carbons (Fsp3) is 1.00. The van der Waals surface area contributed by atoms with Crippen LogP contribution in [-0.4, -0.2) is 64.6 Å². The van der Waals surface area contributed by atoms with Crippen LogP contribution in [0.15, 0.2) is 0 Å². The third-order valence-corrected chi connectivity index (χ3v) is 10.7. The van der Waals surface area contributed by atoms with Gasteiger partial charge in [-0.2, -0.15) is 43.8 Å². The predicted molar refractivity (Wildman–Crippen MR) is 92.4 cm³/mol. The Bertz CT molecular complexity index is 1070. The van der Waals surface area contributed by atoms with Gasteiger partial charge in [-0.3, -0.25) is 0 Å². The summed E-state index contributed by atoms with van der Waals surface area (Å²) in [7, 11) is -21.7. The summed E-state index contributed by atoms with van der Waals surface area (Å²) in [6, 6.07) is 0. The molecule has 1 heterocycles. The Morgan fingerprint density at radius 2 is 1.15 bits per heavy atom. The quantitative estimate of drug-likeness (QED) is 0.475. The number of hydrogen-bond donors (Lipinski definition) is 1. The van der Waals surface area contributed by atoms with Crippen molar-refractivity contribution in [3.8, 4) is 0 Å². The van der Waals surface area contributed by atoms with Crippen molar-refractivity contribution >= 4 is 30.1 Å². The monoisotopic (exact) mass is 564 g/mol. The standard InChI is InChI=1S/C13H17F9N2O6S3/c14-10(15,11(16,17)31(25,26)23-32(27,28)13(20,21)22)12(18,19)33(29,30)24-6-5-8-3-1-2-4-9(8)7-24/h8-9,23H,1-7H2. The summed E-state index contributed by atoms with van der Waals surface area (Å²) in [5.74, 6) is -8.05. The van der Waals surface area contributed by atoms with Crippen molar-refractivity contribution in [3.05, 3.63) is 0 Å². The average molecular weight is 564 g/mol. The SMILES string of the molecule is O=S(=O)(NS(=O)(=O)C(F)(F)C(F)(F)C(F)(F)S(=O)(=O)N1CCC2CCCCC2C1)C(F)(F)F. The van der Waals surface area contributed by atoms with Crippen molar-refractivity contribution in [1.29, 1.82) is 0 Å². The van der Waals surface area contributed by atoms with Gasteiger partial charge in [0, 0.05) is 13.1 Å². The van der Waals surface area contributed by atoms with Crippen LogP contribution in [0.1, 0.15) is 32.1 Å². The molecule has 1 aliphatic carbocycles. The van der Waals surface area contributed by atoms with Crippen LogP contribution in [0.5, 0.6) is 0 Å². The molecule has 0 aromatic heterocycles. The van der Waals surface area contributed by atoms with E-state index in [0.29, 0.717) is 19.3 Å². The first-order valence-corrected chi connectivity index (χ1v) is 13.4. The van der Waals surface area contributed by atoms with E-state index in [9.17, 15) is 64.8 Å². The second-order valence-electron chi connectivity index (χ2n) is 7.60. The van der Waals surface area contributed by atoms with E-state index >= 15 is 0 Å². The van der Waals surface area contributed by atoms with E-state index in [0.717, 1.165) is 6.42 Å². The molecule has 2 atom stereocenters. The normalized spacial score (nSPS) is 25.0. The lowest BCUT2D eigenvalue weighted by atomic mass is 9.76. The third-order valence-electron chi connectivity index (χ3n) is 5.51. The summed E-state index contributed by atoms with van der Waals surface area (Å²) >= 11 is 0. The molecule has 33 heavy (non-hydrogen) atoms. The number of hydrogen-bond acceptors (Lipinski definition) is 6. The summed E-state index contributed by atoms with van der Waals surface area (Å²) in [6.45, 7) is -1.51. The van der Waals surface area contributed by atoms with Gasteiger partial charge in [0.05, 0.1) is 0 Å². The molecule has 1 N–H and O–H groups in total. The van der Waals surface area contributed by atoms with Crippen LogP contribution in [0, 0.1) is 11.8 Å². The zero-order valence-corrected chi connectivity index (χ0v) is 18.6. The van der Waals surface area contributed by atoms with E-state index in [1.807, 2.05) is 0 Å². The molecule has 0 aromatic rings. The highest BCUT2D eigenvalue weighted by Crippen LogP contribution is 2.52. The Morgan fingerprint density at radius 1 is 0.667 bits per heavy atom. The van der Waals surface area contributed by atoms with Gasteiger partial charge in [0.25, 0.3) is 20.0 Å². The topological polar surface area (TPSA) is 118 Å². The number of piperidine rings is 1. The fourth-order valence-electron chi connectivity index (χ4n) is 3.69. The minimum atomic E-state index is -7.76. The van der Waals surface area contributed by atoms with Gasteiger partial charge in [0.1, 0.15) is 0 Å². The zero-order chi connectivity index (χ0) is 25.9. The summed E-state index contributed by atoms with van der Waals surface area (Å²) < 4.78 is 189. The molecule has 20 heteroatoms. The second-order valence-corrected chi connectivity index (χ2v) is 13.2. The van der Waals surface area contributed by atoms with E-state index in [1.54, 1.807) is 0 Å². The van der Waals surface area contributed by atoms with Gasteiger partial charge in [0.2, 0.25) is 0 Å². The molecule has 2 rings (SSSR count). The molecule has 1 saturated carbocycles. The van der Waals surface area contributed by atoms with Crippen molar-refractivity contribution in [2.45, 2.75) is 54.0 Å². The van der Waals surface area contributed by atoms with E-state index in [-0.39, 0.29) is 16.6 Å². The fourth-order valence-corrected chi connectivity index (χ4v) is 7.68. The average Bonchev–Trinajstić information content (AvgIpc) is 2.65. The van der Waals surface area contributed by atoms with Gasteiger partial charge in [-0.05, 0) is 24.7 Å². The third kappa shape index (κ3) is 4.56. The first-order valence-electron chi connectivity index (χ1n) is 9.00.